The number of thiazole rings is 1. The number of nitrogens with zero attached hydrogens (tertiary/aromatic N) is 2. The van der Waals surface area contributed by atoms with Crippen LogP contribution in [-0.2, 0) is 19.3 Å². The summed E-state index contributed by atoms with van der Waals surface area (Å²) < 4.78 is 7.11. The van der Waals surface area contributed by atoms with Crippen LogP contribution in [0.4, 0.5) is 0 Å². The second-order valence-electron chi connectivity index (χ2n) is 10.4. The van der Waals surface area contributed by atoms with E-state index in [9.17, 15) is 9.59 Å². The number of methoxy groups -OCH3 is 1. The van der Waals surface area contributed by atoms with Gasteiger partial charge >= 0.3 is 0 Å². The maximum absolute atomic E-state index is 14.3. The maximum Gasteiger partial charge on any atom is 0.265 e. The van der Waals surface area contributed by atoms with Crippen molar-refractivity contribution in [3.63, 3.8) is 0 Å². The third kappa shape index (κ3) is 4.55. The van der Waals surface area contributed by atoms with Crippen molar-refractivity contribution in [1.82, 2.24) is 9.55 Å². The van der Waals surface area contributed by atoms with E-state index in [0.717, 1.165) is 52.4 Å². The van der Waals surface area contributed by atoms with E-state index in [4.69, 9.17) is 9.72 Å². The van der Waals surface area contributed by atoms with Crippen LogP contribution in [0.5, 0.6) is 5.75 Å². The Balaban J connectivity index is 1.76. The Hall–Kier alpha value is -3.51. The number of carbonyl (C=O) groups excluding carboxylic acids is 1. The summed E-state index contributed by atoms with van der Waals surface area (Å²) in [5.41, 5.74) is 6.49. The van der Waals surface area contributed by atoms with E-state index in [1.165, 1.54) is 11.3 Å². The average Bonchev–Trinajstić information content (AvgIpc) is 3.37. The SMILES string of the molecule is CCc1cccc(CC)c1-n1c2c(cc(-c3nc(-c4ccc(OC)cc4)cs3)c1=O)C(=O)CC(C)(C)C2. The number of hydrogen-bond donors (Lipinski definition) is 0. The third-order valence-electron chi connectivity index (χ3n) is 7.20. The molecule has 37 heavy (non-hydrogen) atoms. The normalized spacial score (nSPS) is 14.5. The van der Waals surface area contributed by atoms with Gasteiger partial charge in [-0.3, -0.25) is 14.2 Å². The summed E-state index contributed by atoms with van der Waals surface area (Å²) in [4.78, 5) is 32.6. The van der Waals surface area contributed by atoms with Crippen LogP contribution in [0.2, 0.25) is 0 Å². The molecule has 0 radical (unpaired) electrons. The lowest BCUT2D eigenvalue weighted by Gasteiger charge is -2.33. The number of rotatable bonds is 6. The average molecular weight is 513 g/mol. The molecule has 0 N–H and O–H groups in total. The first kappa shape index (κ1) is 25.2. The Morgan fingerprint density at radius 2 is 1.65 bits per heavy atom. The Bertz CT molecular complexity index is 1520. The summed E-state index contributed by atoms with van der Waals surface area (Å²) in [6, 6.07) is 15.7. The fourth-order valence-electron chi connectivity index (χ4n) is 5.30. The van der Waals surface area contributed by atoms with Gasteiger partial charge in [-0.15, -0.1) is 11.3 Å². The molecule has 0 unspecified atom stereocenters. The summed E-state index contributed by atoms with van der Waals surface area (Å²) in [5, 5.41) is 2.58. The number of ketones is 1. The number of fused-ring (bicyclic) bond motifs is 1. The summed E-state index contributed by atoms with van der Waals surface area (Å²) in [6.45, 7) is 8.42. The number of ether oxygens (including phenoxy) is 1. The molecule has 0 saturated heterocycles. The molecule has 2 aromatic carbocycles. The van der Waals surface area contributed by atoms with Gasteiger partial charge in [-0.1, -0.05) is 45.9 Å². The second kappa shape index (κ2) is 9.75. The zero-order chi connectivity index (χ0) is 26.3. The summed E-state index contributed by atoms with van der Waals surface area (Å²) >= 11 is 1.43. The molecule has 0 saturated carbocycles. The molecular formula is C31H32N2O3S. The van der Waals surface area contributed by atoms with Crippen molar-refractivity contribution in [1.29, 1.82) is 0 Å². The molecule has 0 fully saturated rings. The number of Topliss-reactive ketones (excluding diaryl/α,β-unsaturated/α-hetero) is 1. The van der Waals surface area contributed by atoms with Crippen LogP contribution < -0.4 is 10.3 Å². The van der Waals surface area contributed by atoms with Gasteiger partial charge in [-0.05, 0) is 66.1 Å². The number of para-hydroxylation sites is 1. The third-order valence-corrected chi connectivity index (χ3v) is 8.07. The molecule has 6 heteroatoms. The predicted molar refractivity (Wildman–Crippen MR) is 150 cm³/mol. The van der Waals surface area contributed by atoms with Gasteiger partial charge in [0.25, 0.3) is 5.56 Å². The zero-order valence-electron chi connectivity index (χ0n) is 22.1. The number of benzene rings is 2. The largest absolute Gasteiger partial charge is 0.497 e. The van der Waals surface area contributed by atoms with E-state index in [0.29, 0.717) is 29.0 Å². The first-order chi connectivity index (χ1) is 17.8. The molecule has 0 bridgehead atoms. The van der Waals surface area contributed by atoms with Gasteiger partial charge in [0, 0.05) is 28.6 Å². The highest BCUT2D eigenvalue weighted by Crippen LogP contribution is 2.38. The minimum Gasteiger partial charge on any atom is -0.497 e. The Kier molecular flexibility index (Phi) is 6.63. The van der Waals surface area contributed by atoms with Crippen molar-refractivity contribution < 1.29 is 9.53 Å². The van der Waals surface area contributed by atoms with E-state index >= 15 is 0 Å². The molecule has 5 nitrogen and oxygen atoms in total. The smallest absolute Gasteiger partial charge is 0.265 e. The van der Waals surface area contributed by atoms with Crippen molar-refractivity contribution in [2.75, 3.05) is 7.11 Å². The van der Waals surface area contributed by atoms with Crippen LogP contribution in [0.3, 0.4) is 0 Å². The molecule has 4 aromatic rings. The molecule has 1 aliphatic carbocycles. The minimum atomic E-state index is -0.212. The van der Waals surface area contributed by atoms with E-state index in [1.54, 1.807) is 13.2 Å². The number of hydrogen-bond acceptors (Lipinski definition) is 5. The predicted octanol–water partition coefficient (Wildman–Crippen LogP) is 6.92. The van der Waals surface area contributed by atoms with Gasteiger partial charge in [-0.2, -0.15) is 0 Å². The molecular weight excluding hydrogens is 480 g/mol. The highest BCUT2D eigenvalue weighted by molar-refractivity contribution is 7.13. The fraction of sp³-hybridized carbons (Fsp3) is 0.323. The minimum absolute atomic E-state index is 0.0835. The van der Waals surface area contributed by atoms with Crippen LogP contribution in [0.25, 0.3) is 27.5 Å². The van der Waals surface area contributed by atoms with Crippen LogP contribution >= 0.6 is 11.3 Å². The first-order valence-electron chi connectivity index (χ1n) is 12.8. The van der Waals surface area contributed by atoms with Gasteiger partial charge < -0.3 is 4.74 Å². The Morgan fingerprint density at radius 3 is 2.27 bits per heavy atom. The van der Waals surface area contributed by atoms with Gasteiger partial charge in [0.05, 0.1) is 24.1 Å². The molecule has 0 aliphatic heterocycles. The number of aryl methyl sites for hydroxylation is 2. The van der Waals surface area contributed by atoms with Crippen molar-refractivity contribution in [2.24, 2.45) is 5.41 Å². The van der Waals surface area contributed by atoms with Crippen LogP contribution in [0.1, 0.15) is 61.3 Å². The van der Waals surface area contributed by atoms with Crippen molar-refractivity contribution in [2.45, 2.75) is 53.4 Å². The Morgan fingerprint density at radius 1 is 0.973 bits per heavy atom. The topological polar surface area (TPSA) is 61.2 Å². The fourth-order valence-corrected chi connectivity index (χ4v) is 6.13. The number of carbonyl (C=O) groups is 1. The summed E-state index contributed by atoms with van der Waals surface area (Å²) in [6.07, 6.45) is 2.72. The van der Waals surface area contributed by atoms with Gasteiger partial charge in [-0.25, -0.2) is 4.98 Å². The zero-order valence-corrected chi connectivity index (χ0v) is 22.9. The van der Waals surface area contributed by atoms with Crippen LogP contribution in [0, 0.1) is 5.41 Å². The quantitative estimate of drug-likeness (QED) is 0.281. The van der Waals surface area contributed by atoms with E-state index in [1.807, 2.05) is 34.2 Å². The van der Waals surface area contributed by atoms with Gasteiger partial charge in [0.2, 0.25) is 0 Å². The van der Waals surface area contributed by atoms with Gasteiger partial charge in [0.1, 0.15) is 10.8 Å². The van der Waals surface area contributed by atoms with Crippen LogP contribution in [-0.4, -0.2) is 22.4 Å². The molecule has 0 amide bonds. The van der Waals surface area contributed by atoms with Crippen LogP contribution in [0.15, 0.2) is 58.7 Å². The van der Waals surface area contributed by atoms with E-state index < -0.39 is 0 Å². The van der Waals surface area contributed by atoms with E-state index in [2.05, 4.69) is 45.9 Å². The van der Waals surface area contributed by atoms with Crippen molar-refractivity contribution in [3.8, 4) is 33.3 Å². The molecule has 0 spiro atoms. The lowest BCUT2D eigenvalue weighted by atomic mass is 9.75. The first-order valence-corrected chi connectivity index (χ1v) is 13.7. The Labute approximate surface area is 221 Å². The molecule has 190 valence electrons. The van der Waals surface area contributed by atoms with Crippen molar-refractivity contribution in [3.05, 3.63) is 86.6 Å². The lowest BCUT2D eigenvalue weighted by molar-refractivity contribution is 0.0909. The standard InChI is InChI=1S/C31H32N2O3S/c1-6-19-9-8-10-20(7-2)28(19)33-26-16-31(3,4)17-27(34)23(26)15-24(30(33)35)29-32-25(18-37-29)21-11-13-22(36-5)14-12-21/h8-15,18H,6-7,16-17H2,1-5H3. The lowest BCUT2D eigenvalue weighted by Crippen LogP contribution is -2.35. The summed E-state index contributed by atoms with van der Waals surface area (Å²) in [7, 11) is 1.64. The molecule has 5 rings (SSSR count). The van der Waals surface area contributed by atoms with E-state index in [-0.39, 0.29) is 16.8 Å². The van der Waals surface area contributed by atoms with Crippen molar-refractivity contribution >= 4 is 17.1 Å². The van der Waals surface area contributed by atoms with Gasteiger partial charge in [0.15, 0.2) is 5.78 Å². The maximum atomic E-state index is 14.3. The molecule has 0 atom stereocenters. The number of pyridine rings is 1. The highest BCUT2D eigenvalue weighted by atomic mass is 32.1. The number of aromatic nitrogens is 2. The highest BCUT2D eigenvalue weighted by Gasteiger charge is 2.35. The molecule has 2 aromatic heterocycles. The molecule has 2 heterocycles. The molecule has 1 aliphatic rings. The summed E-state index contributed by atoms with van der Waals surface area (Å²) in [5.74, 6) is 0.861. The second-order valence-corrected chi connectivity index (χ2v) is 11.3. The monoisotopic (exact) mass is 512 g/mol.